The second-order valence-electron chi connectivity index (χ2n) is 7.45. The lowest BCUT2D eigenvalue weighted by atomic mass is 9.92. The molecule has 1 spiro atoms. The lowest BCUT2D eigenvalue weighted by Crippen LogP contribution is -2.64. The largest absolute Gasteiger partial charge is 0.459 e. The number of hydrogen-bond donors (Lipinski definition) is 0. The highest BCUT2D eigenvalue weighted by Gasteiger charge is 2.49. The van der Waals surface area contributed by atoms with Gasteiger partial charge in [-0.25, -0.2) is 4.39 Å². The van der Waals surface area contributed by atoms with Crippen LogP contribution in [0.25, 0.3) is 0 Å². The molecule has 2 fully saturated rings. The summed E-state index contributed by atoms with van der Waals surface area (Å²) in [5.74, 6) is -0.203. The Bertz CT molecular complexity index is 896. The molecule has 27 heavy (non-hydrogen) atoms. The molecule has 1 atom stereocenters. The number of amides is 2. The molecular weight excluding hydrogens is 349 g/mol. The molecule has 7 heteroatoms. The summed E-state index contributed by atoms with van der Waals surface area (Å²) < 4.78 is 19.0. The number of anilines is 1. The van der Waals surface area contributed by atoms with Crippen LogP contribution >= 0.6 is 0 Å². The second-order valence-corrected chi connectivity index (χ2v) is 7.45. The van der Waals surface area contributed by atoms with E-state index in [1.807, 2.05) is 18.9 Å². The number of halogens is 1. The van der Waals surface area contributed by atoms with Crippen molar-refractivity contribution in [2.24, 2.45) is 0 Å². The van der Waals surface area contributed by atoms with Gasteiger partial charge in [-0.05, 0) is 44.7 Å². The Labute approximate surface area is 157 Å². The third-order valence-electron chi connectivity index (χ3n) is 5.73. The molecular formula is C20H22FN3O3. The van der Waals surface area contributed by atoms with Gasteiger partial charge in [0.2, 0.25) is 5.91 Å². The summed E-state index contributed by atoms with van der Waals surface area (Å²) in [5, 5.41) is 0. The third-order valence-corrected chi connectivity index (χ3v) is 5.73. The number of furan rings is 1. The molecule has 1 aromatic carbocycles. The van der Waals surface area contributed by atoms with E-state index in [-0.39, 0.29) is 29.7 Å². The maximum absolute atomic E-state index is 13.6. The van der Waals surface area contributed by atoms with Gasteiger partial charge in [-0.3, -0.25) is 14.5 Å². The summed E-state index contributed by atoms with van der Waals surface area (Å²) in [6.07, 6.45) is 2.26. The van der Waals surface area contributed by atoms with Crippen LogP contribution in [0.15, 0.2) is 41.0 Å². The van der Waals surface area contributed by atoms with Gasteiger partial charge in [0.15, 0.2) is 5.76 Å². The highest BCUT2D eigenvalue weighted by Crippen LogP contribution is 2.34. The van der Waals surface area contributed by atoms with E-state index < -0.39 is 0 Å². The molecule has 1 unspecified atom stereocenters. The maximum Gasteiger partial charge on any atom is 0.289 e. The topological polar surface area (TPSA) is 57.0 Å². The number of carbonyl (C=O) groups is 2. The van der Waals surface area contributed by atoms with Crippen LogP contribution in [-0.2, 0) is 4.79 Å². The van der Waals surface area contributed by atoms with E-state index in [0.29, 0.717) is 31.1 Å². The zero-order valence-electron chi connectivity index (χ0n) is 15.4. The number of benzene rings is 1. The van der Waals surface area contributed by atoms with Gasteiger partial charge in [0.1, 0.15) is 5.82 Å². The molecule has 2 aromatic rings. The fraction of sp³-hybridized carbons (Fsp3) is 0.400. The van der Waals surface area contributed by atoms with E-state index in [2.05, 4.69) is 0 Å². The molecule has 2 aliphatic rings. The first-order chi connectivity index (χ1) is 12.9. The van der Waals surface area contributed by atoms with Crippen molar-refractivity contribution < 1.29 is 18.4 Å². The SMILES string of the molecule is Cc1ccoc1C(=O)N1CCC2(C1)CN(c1cccc(F)c1)C(=O)CN2C. The quantitative estimate of drug-likeness (QED) is 0.813. The minimum absolute atomic E-state index is 0.0691. The lowest BCUT2D eigenvalue weighted by Gasteiger charge is -2.46. The van der Waals surface area contributed by atoms with Crippen LogP contribution < -0.4 is 4.90 Å². The average molecular weight is 371 g/mol. The van der Waals surface area contributed by atoms with Crippen LogP contribution in [0.4, 0.5) is 10.1 Å². The van der Waals surface area contributed by atoms with Gasteiger partial charge in [-0.1, -0.05) is 6.07 Å². The molecule has 2 saturated heterocycles. The lowest BCUT2D eigenvalue weighted by molar-refractivity contribution is -0.123. The average Bonchev–Trinajstić information content (AvgIpc) is 3.25. The van der Waals surface area contributed by atoms with Crippen molar-refractivity contribution >= 4 is 17.5 Å². The number of nitrogens with zero attached hydrogens (tertiary/aromatic N) is 3. The molecule has 0 bridgehead atoms. The van der Waals surface area contributed by atoms with E-state index in [9.17, 15) is 14.0 Å². The third kappa shape index (κ3) is 3.02. The summed E-state index contributed by atoms with van der Waals surface area (Å²) >= 11 is 0. The van der Waals surface area contributed by atoms with Crippen molar-refractivity contribution in [2.45, 2.75) is 18.9 Å². The number of hydrogen-bond acceptors (Lipinski definition) is 4. The van der Waals surface area contributed by atoms with Crippen molar-refractivity contribution in [3.05, 3.63) is 53.7 Å². The van der Waals surface area contributed by atoms with E-state index in [1.54, 1.807) is 28.0 Å². The van der Waals surface area contributed by atoms with E-state index in [1.165, 1.54) is 18.4 Å². The molecule has 1 aromatic heterocycles. The van der Waals surface area contributed by atoms with Crippen LogP contribution in [-0.4, -0.2) is 60.4 Å². The Kier molecular flexibility index (Phi) is 4.26. The normalized spacial score (nSPS) is 23.4. The number of aryl methyl sites for hydroxylation is 1. The van der Waals surface area contributed by atoms with Crippen molar-refractivity contribution in [3.8, 4) is 0 Å². The molecule has 142 valence electrons. The Morgan fingerprint density at radius 1 is 1.26 bits per heavy atom. The minimum atomic E-state index is -0.371. The van der Waals surface area contributed by atoms with Crippen LogP contribution in [0.1, 0.15) is 22.5 Å². The van der Waals surface area contributed by atoms with Crippen LogP contribution in [0.3, 0.4) is 0 Å². The van der Waals surface area contributed by atoms with Crippen molar-refractivity contribution in [1.29, 1.82) is 0 Å². The van der Waals surface area contributed by atoms with Gasteiger partial charge in [0.25, 0.3) is 5.91 Å². The fourth-order valence-electron chi connectivity index (χ4n) is 4.04. The zero-order chi connectivity index (χ0) is 19.2. The van der Waals surface area contributed by atoms with Gasteiger partial charge >= 0.3 is 0 Å². The Balaban J connectivity index is 1.58. The molecule has 0 saturated carbocycles. The number of carbonyl (C=O) groups excluding carboxylic acids is 2. The minimum Gasteiger partial charge on any atom is -0.459 e. The van der Waals surface area contributed by atoms with Gasteiger partial charge in [-0.2, -0.15) is 0 Å². The van der Waals surface area contributed by atoms with Gasteiger partial charge < -0.3 is 14.2 Å². The fourth-order valence-corrected chi connectivity index (χ4v) is 4.04. The van der Waals surface area contributed by atoms with E-state index >= 15 is 0 Å². The predicted octanol–water partition coefficient (Wildman–Crippen LogP) is 2.29. The first-order valence-electron chi connectivity index (χ1n) is 9.00. The molecule has 3 heterocycles. The second kappa shape index (κ2) is 6.49. The highest BCUT2D eigenvalue weighted by molar-refractivity contribution is 5.96. The number of rotatable bonds is 2. The Morgan fingerprint density at radius 2 is 2.07 bits per heavy atom. The number of piperazine rings is 1. The van der Waals surface area contributed by atoms with E-state index in [4.69, 9.17) is 4.42 Å². The van der Waals surface area contributed by atoms with Crippen molar-refractivity contribution in [2.75, 3.05) is 38.1 Å². The highest BCUT2D eigenvalue weighted by atomic mass is 19.1. The number of likely N-dealkylation sites (tertiary alicyclic amines) is 1. The number of likely N-dealkylation sites (N-methyl/N-ethyl adjacent to an activating group) is 1. The van der Waals surface area contributed by atoms with Gasteiger partial charge in [0.05, 0.1) is 18.3 Å². The summed E-state index contributed by atoms with van der Waals surface area (Å²) in [7, 11) is 1.91. The first kappa shape index (κ1) is 17.7. The van der Waals surface area contributed by atoms with Gasteiger partial charge in [0, 0.05) is 30.9 Å². The van der Waals surface area contributed by atoms with E-state index in [0.717, 1.165) is 12.0 Å². The molecule has 2 amide bonds. The predicted molar refractivity (Wildman–Crippen MR) is 98.1 cm³/mol. The Hall–Kier alpha value is -2.67. The standard InChI is InChI=1S/C20H22FN3O3/c1-14-6-9-27-18(14)19(26)23-8-7-20(12-23)13-24(17(25)11-22(20)2)16-5-3-4-15(21)10-16/h3-6,9-10H,7-8,11-13H2,1-2H3. The molecule has 4 rings (SSSR count). The smallest absolute Gasteiger partial charge is 0.289 e. The monoisotopic (exact) mass is 371 g/mol. The summed E-state index contributed by atoms with van der Waals surface area (Å²) in [6.45, 7) is 3.60. The molecule has 0 N–H and O–H groups in total. The van der Waals surface area contributed by atoms with Crippen molar-refractivity contribution in [3.63, 3.8) is 0 Å². The Morgan fingerprint density at radius 3 is 2.78 bits per heavy atom. The summed E-state index contributed by atoms with van der Waals surface area (Å²) in [6, 6.07) is 7.86. The molecule has 0 radical (unpaired) electrons. The zero-order valence-corrected chi connectivity index (χ0v) is 15.4. The van der Waals surface area contributed by atoms with Crippen molar-refractivity contribution in [1.82, 2.24) is 9.80 Å². The summed E-state index contributed by atoms with van der Waals surface area (Å²) in [5.41, 5.74) is 1.02. The summed E-state index contributed by atoms with van der Waals surface area (Å²) in [4.78, 5) is 30.8. The first-order valence-corrected chi connectivity index (χ1v) is 9.00. The maximum atomic E-state index is 13.6. The van der Waals surface area contributed by atoms with Gasteiger partial charge in [-0.15, -0.1) is 0 Å². The molecule has 0 aliphatic carbocycles. The molecule has 6 nitrogen and oxygen atoms in total. The van der Waals surface area contributed by atoms with Crippen LogP contribution in [0, 0.1) is 12.7 Å². The van der Waals surface area contributed by atoms with Crippen LogP contribution in [0.5, 0.6) is 0 Å². The van der Waals surface area contributed by atoms with Crippen LogP contribution in [0.2, 0.25) is 0 Å². The molecule has 2 aliphatic heterocycles.